The fraction of sp³-hybridized carbons (Fsp3) is 0.467. The van der Waals surface area contributed by atoms with Crippen LogP contribution in [0.3, 0.4) is 0 Å². The lowest BCUT2D eigenvalue weighted by Crippen LogP contribution is -2.16. The minimum absolute atomic E-state index is 0.163. The third-order valence-corrected chi connectivity index (χ3v) is 3.16. The van der Waals surface area contributed by atoms with Gasteiger partial charge < -0.3 is 9.88 Å². The summed E-state index contributed by atoms with van der Waals surface area (Å²) >= 11 is 0. The molecular formula is C15H21FN2. The maximum Gasteiger partial charge on any atom is 0.123 e. The minimum atomic E-state index is -0.163. The number of rotatable bonds is 7. The monoisotopic (exact) mass is 248 g/mol. The van der Waals surface area contributed by atoms with Crippen molar-refractivity contribution in [3.63, 3.8) is 0 Å². The zero-order valence-corrected chi connectivity index (χ0v) is 11.0. The van der Waals surface area contributed by atoms with Gasteiger partial charge in [0.25, 0.3) is 0 Å². The van der Waals surface area contributed by atoms with Gasteiger partial charge in [0.2, 0.25) is 0 Å². The van der Waals surface area contributed by atoms with Crippen LogP contribution in [0, 0.1) is 5.82 Å². The van der Waals surface area contributed by atoms with Crippen molar-refractivity contribution in [1.29, 1.82) is 0 Å². The van der Waals surface area contributed by atoms with Crippen LogP contribution in [0.4, 0.5) is 4.39 Å². The molecule has 0 aliphatic rings. The molecule has 0 saturated carbocycles. The standard InChI is InChI=1S/C15H21FN2/c1-2-8-17-9-3-4-10-18-11-7-13-12-14(16)5-6-15(13)18/h5-7,11-12,17H,2-4,8-10H2,1H3. The lowest BCUT2D eigenvalue weighted by molar-refractivity contribution is 0.574. The average Bonchev–Trinajstić information content (AvgIpc) is 2.76. The molecule has 0 radical (unpaired) electrons. The van der Waals surface area contributed by atoms with E-state index in [4.69, 9.17) is 0 Å². The van der Waals surface area contributed by atoms with Crippen LogP contribution < -0.4 is 5.32 Å². The Morgan fingerprint density at radius 1 is 1.17 bits per heavy atom. The Balaban J connectivity index is 1.84. The van der Waals surface area contributed by atoms with E-state index in [1.54, 1.807) is 6.07 Å². The summed E-state index contributed by atoms with van der Waals surface area (Å²) in [7, 11) is 0. The van der Waals surface area contributed by atoms with Gasteiger partial charge in [0.1, 0.15) is 5.82 Å². The van der Waals surface area contributed by atoms with Gasteiger partial charge in [-0.25, -0.2) is 4.39 Å². The molecule has 0 fully saturated rings. The van der Waals surface area contributed by atoms with E-state index < -0.39 is 0 Å². The van der Waals surface area contributed by atoms with E-state index in [2.05, 4.69) is 16.8 Å². The topological polar surface area (TPSA) is 17.0 Å². The Labute approximate surface area is 108 Å². The van der Waals surface area contributed by atoms with Crippen molar-refractivity contribution in [1.82, 2.24) is 9.88 Å². The summed E-state index contributed by atoms with van der Waals surface area (Å²) in [6.45, 7) is 5.37. The number of benzene rings is 1. The first-order valence-electron chi connectivity index (χ1n) is 6.76. The molecule has 0 aliphatic heterocycles. The van der Waals surface area contributed by atoms with Crippen molar-refractivity contribution >= 4 is 10.9 Å². The second kappa shape index (κ2) is 6.55. The molecule has 0 aliphatic carbocycles. The van der Waals surface area contributed by atoms with E-state index >= 15 is 0 Å². The highest BCUT2D eigenvalue weighted by molar-refractivity contribution is 5.80. The van der Waals surface area contributed by atoms with Gasteiger partial charge in [0, 0.05) is 23.6 Å². The molecule has 1 aromatic carbocycles. The Hall–Kier alpha value is -1.35. The van der Waals surface area contributed by atoms with Gasteiger partial charge >= 0.3 is 0 Å². The number of halogens is 1. The van der Waals surface area contributed by atoms with Crippen LogP contribution in [-0.2, 0) is 6.54 Å². The van der Waals surface area contributed by atoms with Crippen LogP contribution in [0.25, 0.3) is 10.9 Å². The van der Waals surface area contributed by atoms with E-state index in [-0.39, 0.29) is 5.82 Å². The summed E-state index contributed by atoms with van der Waals surface area (Å²) in [4.78, 5) is 0. The number of nitrogens with one attached hydrogen (secondary N) is 1. The fourth-order valence-corrected chi connectivity index (χ4v) is 2.20. The molecule has 0 saturated heterocycles. The predicted octanol–water partition coefficient (Wildman–Crippen LogP) is 3.56. The van der Waals surface area contributed by atoms with Crippen LogP contribution in [0.15, 0.2) is 30.5 Å². The second-order valence-electron chi connectivity index (χ2n) is 4.67. The summed E-state index contributed by atoms with van der Waals surface area (Å²) in [5.74, 6) is -0.163. The molecule has 0 bridgehead atoms. The normalized spacial score (nSPS) is 11.2. The molecule has 2 nitrogen and oxygen atoms in total. The first-order chi connectivity index (χ1) is 8.81. The van der Waals surface area contributed by atoms with E-state index in [1.165, 1.54) is 18.9 Å². The van der Waals surface area contributed by atoms with E-state index in [0.717, 1.165) is 37.0 Å². The molecule has 0 spiro atoms. The largest absolute Gasteiger partial charge is 0.347 e. The van der Waals surface area contributed by atoms with Crippen LogP contribution >= 0.6 is 0 Å². The number of aromatic nitrogens is 1. The van der Waals surface area contributed by atoms with Crippen molar-refractivity contribution in [3.05, 3.63) is 36.3 Å². The number of unbranched alkanes of at least 4 members (excludes halogenated alkanes) is 1. The van der Waals surface area contributed by atoms with Crippen LogP contribution in [-0.4, -0.2) is 17.7 Å². The fourth-order valence-electron chi connectivity index (χ4n) is 2.20. The maximum atomic E-state index is 13.1. The van der Waals surface area contributed by atoms with Crippen molar-refractivity contribution < 1.29 is 4.39 Å². The summed E-state index contributed by atoms with van der Waals surface area (Å²) in [5, 5.41) is 4.39. The maximum absolute atomic E-state index is 13.1. The molecule has 3 heteroatoms. The lowest BCUT2D eigenvalue weighted by Gasteiger charge is -2.06. The van der Waals surface area contributed by atoms with E-state index in [9.17, 15) is 4.39 Å². The number of aryl methyl sites for hydroxylation is 1. The third kappa shape index (κ3) is 3.33. The van der Waals surface area contributed by atoms with Crippen molar-refractivity contribution in [2.45, 2.75) is 32.7 Å². The molecule has 2 rings (SSSR count). The Morgan fingerprint density at radius 3 is 2.89 bits per heavy atom. The first kappa shape index (κ1) is 13.1. The summed E-state index contributed by atoms with van der Waals surface area (Å²) in [6.07, 6.45) is 5.57. The molecular weight excluding hydrogens is 227 g/mol. The molecule has 18 heavy (non-hydrogen) atoms. The molecule has 0 unspecified atom stereocenters. The van der Waals surface area contributed by atoms with E-state index in [0.29, 0.717) is 0 Å². The van der Waals surface area contributed by atoms with Crippen molar-refractivity contribution in [2.75, 3.05) is 13.1 Å². The van der Waals surface area contributed by atoms with Crippen molar-refractivity contribution in [2.24, 2.45) is 0 Å². The average molecular weight is 248 g/mol. The van der Waals surface area contributed by atoms with Crippen LogP contribution in [0.2, 0.25) is 0 Å². The van der Waals surface area contributed by atoms with Gasteiger partial charge in [-0.1, -0.05) is 6.92 Å². The van der Waals surface area contributed by atoms with Crippen LogP contribution in [0.5, 0.6) is 0 Å². The van der Waals surface area contributed by atoms with Gasteiger partial charge in [0.15, 0.2) is 0 Å². The molecule has 0 amide bonds. The quantitative estimate of drug-likeness (QED) is 0.741. The Kier molecular flexibility index (Phi) is 4.76. The highest BCUT2D eigenvalue weighted by Crippen LogP contribution is 2.17. The molecule has 98 valence electrons. The summed E-state index contributed by atoms with van der Waals surface area (Å²) in [5.41, 5.74) is 1.12. The number of nitrogens with zero attached hydrogens (tertiary/aromatic N) is 1. The Bertz CT molecular complexity index is 490. The molecule has 1 heterocycles. The smallest absolute Gasteiger partial charge is 0.123 e. The highest BCUT2D eigenvalue weighted by atomic mass is 19.1. The molecule has 1 aromatic heterocycles. The van der Waals surface area contributed by atoms with E-state index in [1.807, 2.05) is 18.3 Å². The zero-order valence-electron chi connectivity index (χ0n) is 11.0. The molecule has 2 aromatic rings. The SMILES string of the molecule is CCCNCCCCn1ccc2cc(F)ccc21. The third-order valence-electron chi connectivity index (χ3n) is 3.16. The number of hydrogen-bond acceptors (Lipinski definition) is 1. The molecule has 0 atom stereocenters. The molecule has 1 N–H and O–H groups in total. The van der Waals surface area contributed by atoms with Gasteiger partial charge in [-0.15, -0.1) is 0 Å². The second-order valence-corrected chi connectivity index (χ2v) is 4.67. The van der Waals surface area contributed by atoms with Gasteiger partial charge in [-0.3, -0.25) is 0 Å². The summed E-state index contributed by atoms with van der Waals surface area (Å²) in [6, 6.07) is 6.96. The Morgan fingerprint density at radius 2 is 2.06 bits per heavy atom. The zero-order chi connectivity index (χ0) is 12.8. The van der Waals surface area contributed by atoms with Gasteiger partial charge in [0.05, 0.1) is 0 Å². The van der Waals surface area contributed by atoms with Crippen molar-refractivity contribution in [3.8, 4) is 0 Å². The predicted molar refractivity (Wildman–Crippen MR) is 74.3 cm³/mol. The minimum Gasteiger partial charge on any atom is -0.347 e. The van der Waals surface area contributed by atoms with Crippen LogP contribution in [0.1, 0.15) is 26.2 Å². The summed E-state index contributed by atoms with van der Waals surface area (Å²) < 4.78 is 15.3. The van der Waals surface area contributed by atoms with Gasteiger partial charge in [-0.05, 0) is 56.6 Å². The number of fused-ring (bicyclic) bond motifs is 1. The highest BCUT2D eigenvalue weighted by Gasteiger charge is 2.01. The first-order valence-corrected chi connectivity index (χ1v) is 6.76. The lowest BCUT2D eigenvalue weighted by atomic mass is 10.2. The number of hydrogen-bond donors (Lipinski definition) is 1. The van der Waals surface area contributed by atoms with Gasteiger partial charge in [-0.2, -0.15) is 0 Å².